The number of carboxylic acid groups (broad SMARTS) is 1. The number of aromatic nitrogens is 1. The molecule has 0 aliphatic rings. The van der Waals surface area contributed by atoms with Gasteiger partial charge in [-0.15, -0.1) is 0 Å². The average Bonchev–Trinajstić information content (AvgIpc) is 2.42. The Morgan fingerprint density at radius 3 is 2.58 bits per heavy atom. The van der Waals surface area contributed by atoms with Crippen LogP contribution < -0.4 is 4.74 Å². The van der Waals surface area contributed by atoms with Crippen LogP contribution in [0.1, 0.15) is 15.9 Å². The molecular weight excluding hydrogens is 268 g/mol. The minimum absolute atomic E-state index is 0.101. The van der Waals surface area contributed by atoms with E-state index in [0.717, 1.165) is 0 Å². The van der Waals surface area contributed by atoms with Gasteiger partial charge in [0, 0.05) is 6.20 Å². The predicted molar refractivity (Wildman–Crippen MR) is 67.4 cm³/mol. The van der Waals surface area contributed by atoms with Crippen LogP contribution in [0, 0.1) is 11.3 Å². The van der Waals surface area contributed by atoms with Crippen LogP contribution in [0.2, 0.25) is 5.02 Å². The van der Waals surface area contributed by atoms with Gasteiger partial charge < -0.3 is 9.84 Å². The number of benzene rings is 1. The van der Waals surface area contributed by atoms with Crippen molar-refractivity contribution in [1.82, 2.24) is 4.98 Å². The van der Waals surface area contributed by atoms with Crippen LogP contribution in [-0.4, -0.2) is 16.1 Å². The quantitative estimate of drug-likeness (QED) is 0.930. The molecule has 1 heterocycles. The Labute approximate surface area is 113 Å². The highest BCUT2D eigenvalue weighted by Gasteiger charge is 2.10. The van der Waals surface area contributed by atoms with E-state index in [1.54, 1.807) is 0 Å². The number of pyridine rings is 1. The zero-order chi connectivity index (χ0) is 13.8. The fourth-order valence-electron chi connectivity index (χ4n) is 1.36. The normalized spacial score (nSPS) is 9.68. The molecule has 0 aliphatic heterocycles. The van der Waals surface area contributed by atoms with Crippen LogP contribution in [0.15, 0.2) is 36.5 Å². The van der Waals surface area contributed by atoms with Crippen molar-refractivity contribution in [3.63, 3.8) is 0 Å². The van der Waals surface area contributed by atoms with E-state index < -0.39 is 5.97 Å². The van der Waals surface area contributed by atoms with Crippen LogP contribution in [0.3, 0.4) is 0 Å². The summed E-state index contributed by atoms with van der Waals surface area (Å²) in [5.41, 5.74) is 0.408. The molecule has 0 spiro atoms. The first-order valence-electron chi connectivity index (χ1n) is 5.17. The standard InChI is InChI=1S/C13H7ClN2O3/c14-11-9(7-15)5-6-16-12(11)19-10-3-1-8(2-4-10)13(17)18/h1-6H,(H,17,18). The summed E-state index contributed by atoms with van der Waals surface area (Å²) in [6.07, 6.45) is 1.41. The van der Waals surface area contributed by atoms with Crippen molar-refractivity contribution >= 4 is 17.6 Å². The lowest BCUT2D eigenvalue weighted by Crippen LogP contribution is -1.96. The lowest BCUT2D eigenvalue weighted by molar-refractivity contribution is 0.0697. The highest BCUT2D eigenvalue weighted by molar-refractivity contribution is 6.33. The lowest BCUT2D eigenvalue weighted by Gasteiger charge is -2.07. The molecule has 0 radical (unpaired) electrons. The molecule has 0 atom stereocenters. The van der Waals surface area contributed by atoms with Gasteiger partial charge in [-0.05, 0) is 30.3 Å². The van der Waals surface area contributed by atoms with Crippen molar-refractivity contribution in [2.75, 3.05) is 0 Å². The molecule has 0 saturated heterocycles. The third-order valence-corrected chi connectivity index (χ3v) is 2.66. The predicted octanol–water partition coefficient (Wildman–Crippen LogP) is 3.10. The highest BCUT2D eigenvalue weighted by atomic mass is 35.5. The second-order valence-electron chi connectivity index (χ2n) is 3.52. The van der Waals surface area contributed by atoms with E-state index in [1.165, 1.54) is 36.5 Å². The SMILES string of the molecule is N#Cc1ccnc(Oc2ccc(C(=O)O)cc2)c1Cl. The van der Waals surface area contributed by atoms with Crippen molar-refractivity contribution in [3.05, 3.63) is 52.7 Å². The van der Waals surface area contributed by atoms with Crippen LogP contribution in [0.5, 0.6) is 11.6 Å². The van der Waals surface area contributed by atoms with Gasteiger partial charge in [0.2, 0.25) is 5.88 Å². The Bertz CT molecular complexity index is 663. The summed E-state index contributed by atoms with van der Waals surface area (Å²) in [6, 6.07) is 9.17. The lowest BCUT2D eigenvalue weighted by atomic mass is 10.2. The number of aromatic carboxylic acids is 1. The Hall–Kier alpha value is -2.58. The summed E-state index contributed by atoms with van der Waals surface area (Å²) in [7, 11) is 0. The average molecular weight is 275 g/mol. The molecule has 1 aromatic heterocycles. The molecule has 94 valence electrons. The minimum atomic E-state index is -1.02. The first-order valence-corrected chi connectivity index (χ1v) is 5.55. The van der Waals surface area contributed by atoms with E-state index in [1.807, 2.05) is 6.07 Å². The second-order valence-corrected chi connectivity index (χ2v) is 3.90. The van der Waals surface area contributed by atoms with E-state index in [2.05, 4.69) is 4.98 Å². The van der Waals surface area contributed by atoms with E-state index in [9.17, 15) is 4.79 Å². The van der Waals surface area contributed by atoms with Crippen LogP contribution in [0.4, 0.5) is 0 Å². The smallest absolute Gasteiger partial charge is 0.335 e. The molecule has 0 saturated carbocycles. The molecule has 6 heteroatoms. The van der Waals surface area contributed by atoms with E-state index >= 15 is 0 Å². The van der Waals surface area contributed by atoms with Crippen molar-refractivity contribution in [2.45, 2.75) is 0 Å². The Morgan fingerprint density at radius 2 is 2.00 bits per heavy atom. The molecule has 1 aromatic carbocycles. The number of nitriles is 1. The van der Waals surface area contributed by atoms with Gasteiger partial charge in [-0.25, -0.2) is 9.78 Å². The Morgan fingerprint density at radius 1 is 1.32 bits per heavy atom. The van der Waals surface area contributed by atoms with E-state index in [-0.39, 0.29) is 22.0 Å². The Kier molecular flexibility index (Phi) is 3.64. The van der Waals surface area contributed by atoms with Crippen molar-refractivity contribution in [3.8, 4) is 17.7 Å². The summed E-state index contributed by atoms with van der Waals surface area (Å²) in [6.45, 7) is 0. The monoisotopic (exact) mass is 274 g/mol. The van der Waals surface area contributed by atoms with E-state index in [4.69, 9.17) is 26.7 Å². The third kappa shape index (κ3) is 2.81. The molecule has 5 nitrogen and oxygen atoms in total. The van der Waals surface area contributed by atoms with Gasteiger partial charge in [-0.2, -0.15) is 5.26 Å². The number of carboxylic acids is 1. The minimum Gasteiger partial charge on any atom is -0.478 e. The van der Waals surface area contributed by atoms with Crippen molar-refractivity contribution < 1.29 is 14.6 Å². The highest BCUT2D eigenvalue weighted by Crippen LogP contribution is 2.29. The summed E-state index contributed by atoms with van der Waals surface area (Å²) in [5, 5.41) is 17.7. The summed E-state index contributed by atoms with van der Waals surface area (Å²) < 4.78 is 5.40. The molecule has 0 aliphatic carbocycles. The largest absolute Gasteiger partial charge is 0.478 e. The maximum absolute atomic E-state index is 10.7. The molecule has 0 amide bonds. The number of nitrogens with zero attached hydrogens (tertiary/aromatic N) is 2. The summed E-state index contributed by atoms with van der Waals surface area (Å²) in [4.78, 5) is 14.6. The number of rotatable bonds is 3. The van der Waals surface area contributed by atoms with Gasteiger partial charge in [0.05, 0.1) is 11.1 Å². The van der Waals surface area contributed by atoms with Gasteiger partial charge in [-0.1, -0.05) is 11.6 Å². The molecule has 0 unspecified atom stereocenters. The molecule has 1 N–H and O–H groups in total. The zero-order valence-corrected chi connectivity index (χ0v) is 10.3. The zero-order valence-electron chi connectivity index (χ0n) is 9.50. The maximum atomic E-state index is 10.7. The molecule has 2 rings (SSSR count). The fourth-order valence-corrected chi connectivity index (χ4v) is 1.55. The second kappa shape index (κ2) is 5.38. The number of ether oxygens (including phenoxy) is 1. The van der Waals surface area contributed by atoms with Gasteiger partial charge >= 0.3 is 5.97 Å². The fraction of sp³-hybridized carbons (Fsp3) is 0. The summed E-state index contributed by atoms with van der Waals surface area (Å²) >= 11 is 5.94. The van der Waals surface area contributed by atoms with Crippen LogP contribution >= 0.6 is 11.6 Å². The van der Waals surface area contributed by atoms with Crippen LogP contribution in [-0.2, 0) is 0 Å². The third-order valence-electron chi connectivity index (χ3n) is 2.29. The summed E-state index contributed by atoms with van der Waals surface area (Å²) in [5.74, 6) is -0.535. The topological polar surface area (TPSA) is 83.2 Å². The molecule has 2 aromatic rings. The van der Waals surface area contributed by atoms with Crippen LogP contribution in [0.25, 0.3) is 0 Å². The van der Waals surface area contributed by atoms with Gasteiger partial charge in [-0.3, -0.25) is 0 Å². The Balaban J connectivity index is 2.27. The van der Waals surface area contributed by atoms with Crippen molar-refractivity contribution in [2.24, 2.45) is 0 Å². The first-order chi connectivity index (χ1) is 9.11. The van der Waals surface area contributed by atoms with Crippen molar-refractivity contribution in [1.29, 1.82) is 5.26 Å². The number of carbonyl (C=O) groups is 1. The van der Waals surface area contributed by atoms with Gasteiger partial charge in [0.25, 0.3) is 0 Å². The first kappa shape index (κ1) is 12.9. The molecule has 0 bridgehead atoms. The van der Waals surface area contributed by atoms with Gasteiger partial charge in [0.15, 0.2) is 0 Å². The molecule has 0 fully saturated rings. The van der Waals surface area contributed by atoms with Gasteiger partial charge in [0.1, 0.15) is 16.8 Å². The number of halogens is 1. The maximum Gasteiger partial charge on any atom is 0.335 e. The molecular formula is C13H7ClN2O3. The molecule has 19 heavy (non-hydrogen) atoms. The number of hydrogen-bond donors (Lipinski definition) is 1. The number of hydrogen-bond acceptors (Lipinski definition) is 4. The van der Waals surface area contributed by atoms with E-state index in [0.29, 0.717) is 5.75 Å².